The number of nitro benzene ring substituents is 1. The minimum Gasteiger partial charge on any atom is -0.293 e. The molecule has 3 rings (SSSR count). The number of carbonyl (C=O) groups excluding carboxylic acids is 1. The molecule has 0 saturated heterocycles. The fraction of sp³-hybridized carbons (Fsp3) is 0.0556. The van der Waals surface area contributed by atoms with Crippen LogP contribution in [-0.4, -0.2) is 25.8 Å². The first-order valence-corrected chi connectivity index (χ1v) is 9.53. The van der Waals surface area contributed by atoms with Crippen LogP contribution < -0.4 is 15.6 Å². The van der Waals surface area contributed by atoms with Crippen molar-refractivity contribution in [1.29, 1.82) is 0 Å². The van der Waals surface area contributed by atoms with Gasteiger partial charge in [-0.15, -0.1) is 0 Å². The van der Waals surface area contributed by atoms with E-state index in [9.17, 15) is 23.3 Å². The third kappa shape index (κ3) is 3.63. The van der Waals surface area contributed by atoms with Crippen molar-refractivity contribution < 1.29 is 18.1 Å². The monoisotopic (exact) mass is 400 g/mol. The van der Waals surface area contributed by atoms with Crippen molar-refractivity contribution in [3.8, 4) is 0 Å². The molecule has 9 nitrogen and oxygen atoms in total. The van der Waals surface area contributed by atoms with Crippen molar-refractivity contribution in [2.24, 2.45) is 5.84 Å². The number of nitrogens with zero attached hydrogens (tertiary/aromatic N) is 2. The quantitative estimate of drug-likeness (QED) is 0.281. The number of amides is 1. The van der Waals surface area contributed by atoms with E-state index in [-0.39, 0.29) is 5.69 Å². The number of nitrogens with one attached hydrogen (secondary N) is 1. The van der Waals surface area contributed by atoms with Gasteiger partial charge in [0.05, 0.1) is 10.6 Å². The Hall–Kier alpha value is -3.50. The molecule has 3 aromatic rings. The number of hydrogen-bond acceptors (Lipinski definition) is 6. The topological polar surface area (TPSA) is 136 Å². The van der Waals surface area contributed by atoms with Crippen molar-refractivity contribution in [3.05, 3.63) is 76.8 Å². The molecule has 0 aliphatic heterocycles. The highest BCUT2D eigenvalue weighted by molar-refractivity contribution is 7.93. The predicted molar refractivity (Wildman–Crippen MR) is 104 cm³/mol. The lowest BCUT2D eigenvalue weighted by atomic mass is 10.1. The molecule has 0 aromatic heterocycles. The summed E-state index contributed by atoms with van der Waals surface area (Å²) in [7, 11) is -4.43. The van der Waals surface area contributed by atoms with Gasteiger partial charge in [-0.05, 0) is 29.0 Å². The van der Waals surface area contributed by atoms with Gasteiger partial charge < -0.3 is 0 Å². The molecular formula is C18H16N4O5S. The second-order valence-electron chi connectivity index (χ2n) is 5.84. The number of hydrazine groups is 1. The molecule has 3 N–H and O–H groups in total. The molecule has 0 aliphatic rings. The second-order valence-corrected chi connectivity index (χ2v) is 7.67. The molecule has 1 amide bonds. The van der Waals surface area contributed by atoms with E-state index in [0.717, 1.165) is 27.2 Å². The van der Waals surface area contributed by atoms with Crippen LogP contribution in [0.2, 0.25) is 0 Å². The van der Waals surface area contributed by atoms with Gasteiger partial charge in [-0.2, -0.15) is 0 Å². The third-order valence-electron chi connectivity index (χ3n) is 4.10. The molecule has 0 saturated carbocycles. The van der Waals surface area contributed by atoms with Crippen LogP contribution >= 0.6 is 0 Å². The van der Waals surface area contributed by atoms with E-state index in [1.165, 1.54) is 18.2 Å². The third-order valence-corrected chi connectivity index (χ3v) is 5.92. The average Bonchev–Trinajstić information content (AvgIpc) is 2.71. The van der Waals surface area contributed by atoms with Crippen LogP contribution in [-0.2, 0) is 14.8 Å². The van der Waals surface area contributed by atoms with E-state index in [0.29, 0.717) is 0 Å². The van der Waals surface area contributed by atoms with Gasteiger partial charge in [0.15, 0.2) is 4.90 Å². The number of nitro groups is 1. The van der Waals surface area contributed by atoms with Crippen LogP contribution in [0.3, 0.4) is 0 Å². The van der Waals surface area contributed by atoms with Gasteiger partial charge in [0.1, 0.15) is 6.54 Å². The zero-order valence-electron chi connectivity index (χ0n) is 14.5. The maximum Gasteiger partial charge on any atom is 0.289 e. The second kappa shape index (κ2) is 7.62. The maximum absolute atomic E-state index is 13.2. The number of hydrogen-bond donors (Lipinski definition) is 2. The summed E-state index contributed by atoms with van der Waals surface area (Å²) in [6, 6.07) is 17.0. The highest BCUT2D eigenvalue weighted by Gasteiger charge is 2.33. The average molecular weight is 400 g/mol. The lowest BCUT2D eigenvalue weighted by molar-refractivity contribution is -0.387. The molecule has 0 unspecified atom stereocenters. The Kier molecular flexibility index (Phi) is 5.25. The number of para-hydroxylation sites is 1. The minimum absolute atomic E-state index is 0.181. The van der Waals surface area contributed by atoms with E-state index in [2.05, 4.69) is 0 Å². The summed E-state index contributed by atoms with van der Waals surface area (Å²) in [6.07, 6.45) is 0. The fourth-order valence-electron chi connectivity index (χ4n) is 2.77. The van der Waals surface area contributed by atoms with E-state index in [1.807, 2.05) is 17.6 Å². The molecule has 0 heterocycles. The first-order valence-electron chi connectivity index (χ1n) is 8.09. The molecule has 0 bridgehead atoms. The molecule has 0 spiro atoms. The Morgan fingerprint density at radius 3 is 2.36 bits per heavy atom. The summed E-state index contributed by atoms with van der Waals surface area (Å²) < 4.78 is 27.3. The maximum atomic E-state index is 13.2. The van der Waals surface area contributed by atoms with Gasteiger partial charge in [0.25, 0.3) is 21.6 Å². The zero-order chi connectivity index (χ0) is 20.3. The predicted octanol–water partition coefficient (Wildman–Crippen LogP) is 1.93. The van der Waals surface area contributed by atoms with Crippen LogP contribution in [0.1, 0.15) is 0 Å². The van der Waals surface area contributed by atoms with Crippen LogP contribution in [0.25, 0.3) is 10.8 Å². The first kappa shape index (κ1) is 19.3. The summed E-state index contributed by atoms with van der Waals surface area (Å²) in [5.41, 5.74) is 1.48. The summed E-state index contributed by atoms with van der Waals surface area (Å²) in [4.78, 5) is 21.9. The van der Waals surface area contributed by atoms with Gasteiger partial charge in [0, 0.05) is 6.07 Å². The first-order chi connectivity index (χ1) is 13.3. The number of sulfonamides is 1. The number of fused-ring (bicyclic) bond motifs is 1. The Balaban J connectivity index is 2.19. The number of benzene rings is 3. The lowest BCUT2D eigenvalue weighted by Gasteiger charge is -2.24. The summed E-state index contributed by atoms with van der Waals surface area (Å²) in [5.74, 6) is 4.35. The Morgan fingerprint density at radius 2 is 1.68 bits per heavy atom. The minimum atomic E-state index is -4.43. The van der Waals surface area contributed by atoms with Gasteiger partial charge >= 0.3 is 0 Å². The van der Waals surface area contributed by atoms with Crippen molar-refractivity contribution >= 4 is 38.1 Å². The van der Waals surface area contributed by atoms with Crippen molar-refractivity contribution in [2.75, 3.05) is 10.8 Å². The summed E-state index contributed by atoms with van der Waals surface area (Å²) >= 11 is 0. The summed E-state index contributed by atoms with van der Waals surface area (Å²) in [6.45, 7) is -0.636. The van der Waals surface area contributed by atoms with E-state index < -0.39 is 38.0 Å². The molecule has 10 heteroatoms. The van der Waals surface area contributed by atoms with Crippen molar-refractivity contribution in [3.63, 3.8) is 0 Å². The van der Waals surface area contributed by atoms with Crippen LogP contribution in [0, 0.1) is 10.1 Å². The largest absolute Gasteiger partial charge is 0.293 e. The van der Waals surface area contributed by atoms with E-state index >= 15 is 0 Å². The molecule has 0 atom stereocenters. The van der Waals surface area contributed by atoms with Gasteiger partial charge in [-0.25, -0.2) is 14.3 Å². The van der Waals surface area contributed by atoms with Gasteiger partial charge in [-0.1, -0.05) is 42.5 Å². The number of rotatable bonds is 6. The smallest absolute Gasteiger partial charge is 0.289 e. The molecule has 3 aromatic carbocycles. The Labute approximate surface area is 160 Å². The molecule has 0 aliphatic carbocycles. The normalized spacial score (nSPS) is 11.2. The number of anilines is 1. The highest BCUT2D eigenvalue weighted by Crippen LogP contribution is 2.31. The van der Waals surface area contributed by atoms with Crippen molar-refractivity contribution in [1.82, 2.24) is 5.43 Å². The Morgan fingerprint density at radius 1 is 1.04 bits per heavy atom. The zero-order valence-corrected chi connectivity index (χ0v) is 15.3. The SMILES string of the molecule is NNC(=O)CN(c1ccc2ccccc2c1)S(=O)(=O)c1ccccc1[N+](=O)[O-]. The molecule has 28 heavy (non-hydrogen) atoms. The lowest BCUT2D eigenvalue weighted by Crippen LogP contribution is -2.43. The molecule has 0 radical (unpaired) electrons. The van der Waals surface area contributed by atoms with Crippen LogP contribution in [0.4, 0.5) is 11.4 Å². The standard InChI is InChI=1S/C18H16N4O5S/c19-20-18(23)12-21(15-10-9-13-5-1-2-6-14(13)11-15)28(26,27)17-8-4-3-7-16(17)22(24)25/h1-11H,12,19H2,(H,20,23). The highest BCUT2D eigenvalue weighted by atomic mass is 32.2. The molecule has 144 valence electrons. The Bertz CT molecular complexity index is 1160. The summed E-state index contributed by atoms with van der Waals surface area (Å²) in [5, 5.41) is 12.9. The number of carbonyl (C=O) groups is 1. The van der Waals surface area contributed by atoms with E-state index in [1.54, 1.807) is 24.3 Å². The fourth-order valence-corrected chi connectivity index (χ4v) is 4.34. The number of nitrogens with two attached hydrogens (primary N) is 1. The molecule has 0 fully saturated rings. The molecular weight excluding hydrogens is 384 g/mol. The van der Waals surface area contributed by atoms with Crippen LogP contribution in [0.15, 0.2) is 71.6 Å². The van der Waals surface area contributed by atoms with Crippen molar-refractivity contribution in [2.45, 2.75) is 4.90 Å². The van der Waals surface area contributed by atoms with Crippen LogP contribution in [0.5, 0.6) is 0 Å². The van der Waals surface area contributed by atoms with Gasteiger partial charge in [-0.3, -0.25) is 24.6 Å². The van der Waals surface area contributed by atoms with Gasteiger partial charge in [0.2, 0.25) is 0 Å². The van der Waals surface area contributed by atoms with E-state index in [4.69, 9.17) is 5.84 Å².